The lowest BCUT2D eigenvalue weighted by Gasteiger charge is -2.10. The van der Waals surface area contributed by atoms with Crippen LogP contribution >= 0.6 is 0 Å². The largest absolute Gasteiger partial charge is 0.358 e. The summed E-state index contributed by atoms with van der Waals surface area (Å²) >= 11 is 0. The Morgan fingerprint density at radius 2 is 1.90 bits per heavy atom. The average molecular weight is 269 g/mol. The second kappa shape index (κ2) is 5.27. The summed E-state index contributed by atoms with van der Waals surface area (Å²) < 4.78 is 0. The normalized spacial score (nSPS) is 14.7. The van der Waals surface area contributed by atoms with Crippen molar-refractivity contribution in [3.8, 4) is 0 Å². The molecule has 0 radical (unpaired) electrons. The molecule has 20 heavy (non-hydrogen) atoms. The molecule has 0 aliphatic heterocycles. The van der Waals surface area contributed by atoms with Gasteiger partial charge in [0.2, 0.25) is 0 Å². The maximum atomic E-state index is 3.72. The fourth-order valence-corrected chi connectivity index (χ4v) is 3.43. The van der Waals surface area contributed by atoms with E-state index in [9.17, 15) is 0 Å². The van der Waals surface area contributed by atoms with Crippen LogP contribution in [0.1, 0.15) is 68.8 Å². The molecule has 0 spiro atoms. The molecular weight excluding hydrogens is 242 g/mol. The topological polar surface area (TPSA) is 15.8 Å². The van der Waals surface area contributed by atoms with E-state index in [4.69, 9.17) is 0 Å². The first-order valence-electron chi connectivity index (χ1n) is 8.22. The predicted octanol–water partition coefficient (Wildman–Crippen LogP) is 5.37. The van der Waals surface area contributed by atoms with Crippen molar-refractivity contribution < 1.29 is 0 Å². The first-order chi connectivity index (χ1) is 9.56. The zero-order valence-electron chi connectivity index (χ0n) is 13.3. The molecule has 0 fully saturated rings. The summed E-state index contributed by atoms with van der Waals surface area (Å²) in [4.78, 5) is 3.72. The Morgan fingerprint density at radius 1 is 1.10 bits per heavy atom. The summed E-state index contributed by atoms with van der Waals surface area (Å²) in [6, 6.07) is 4.92. The zero-order valence-corrected chi connectivity index (χ0v) is 13.3. The zero-order chi connectivity index (χ0) is 14.3. The predicted molar refractivity (Wildman–Crippen MR) is 87.6 cm³/mol. The molecule has 0 unspecified atom stereocenters. The van der Waals surface area contributed by atoms with Gasteiger partial charge in [-0.3, -0.25) is 0 Å². The Bertz CT molecular complexity index is 616. The number of hydrogen-bond acceptors (Lipinski definition) is 0. The summed E-state index contributed by atoms with van der Waals surface area (Å²) in [6.07, 6.45) is 6.37. The van der Waals surface area contributed by atoms with Crippen LogP contribution in [-0.4, -0.2) is 4.98 Å². The molecule has 0 saturated carbocycles. The van der Waals surface area contributed by atoms with E-state index in [2.05, 4.69) is 44.8 Å². The van der Waals surface area contributed by atoms with Gasteiger partial charge < -0.3 is 4.98 Å². The van der Waals surface area contributed by atoms with Crippen LogP contribution in [0.4, 0.5) is 0 Å². The number of aromatic nitrogens is 1. The van der Waals surface area contributed by atoms with E-state index >= 15 is 0 Å². The molecule has 1 N–H and O–H groups in total. The summed E-state index contributed by atoms with van der Waals surface area (Å²) in [5.74, 6) is 1.36. The van der Waals surface area contributed by atoms with Gasteiger partial charge in [-0.05, 0) is 66.7 Å². The van der Waals surface area contributed by atoms with Crippen molar-refractivity contribution in [2.45, 2.75) is 65.7 Å². The van der Waals surface area contributed by atoms with Gasteiger partial charge in [0, 0.05) is 16.6 Å². The Morgan fingerprint density at radius 3 is 2.60 bits per heavy atom. The fourth-order valence-electron chi connectivity index (χ4n) is 3.43. The van der Waals surface area contributed by atoms with Crippen molar-refractivity contribution in [3.05, 3.63) is 34.5 Å². The van der Waals surface area contributed by atoms with Gasteiger partial charge in [-0.2, -0.15) is 0 Å². The highest BCUT2D eigenvalue weighted by Gasteiger charge is 2.19. The molecule has 1 nitrogen and oxygen atoms in total. The van der Waals surface area contributed by atoms with E-state index in [1.807, 2.05) is 0 Å². The van der Waals surface area contributed by atoms with Crippen LogP contribution in [0.25, 0.3) is 10.9 Å². The molecule has 1 heteroatoms. The third kappa shape index (κ3) is 2.39. The minimum atomic E-state index is 0.581. The number of aromatic amines is 1. The molecule has 1 heterocycles. The van der Waals surface area contributed by atoms with E-state index in [0.717, 1.165) is 5.92 Å². The molecule has 108 valence electrons. The van der Waals surface area contributed by atoms with Gasteiger partial charge in [-0.1, -0.05) is 33.8 Å². The second-order valence-electron chi connectivity index (χ2n) is 7.13. The first-order valence-corrected chi connectivity index (χ1v) is 8.22. The molecule has 0 saturated heterocycles. The maximum Gasteiger partial charge on any atom is 0.0494 e. The van der Waals surface area contributed by atoms with Crippen LogP contribution in [0.3, 0.4) is 0 Å². The summed E-state index contributed by atoms with van der Waals surface area (Å²) in [5.41, 5.74) is 7.61. The van der Waals surface area contributed by atoms with Crippen LogP contribution in [0.5, 0.6) is 0 Å². The van der Waals surface area contributed by atoms with Crippen LogP contribution in [0.2, 0.25) is 0 Å². The van der Waals surface area contributed by atoms with E-state index in [-0.39, 0.29) is 0 Å². The van der Waals surface area contributed by atoms with Gasteiger partial charge in [0.1, 0.15) is 0 Å². The summed E-state index contributed by atoms with van der Waals surface area (Å²) in [6.45, 7) is 9.19. The molecule has 1 aromatic heterocycles. The number of hydrogen-bond donors (Lipinski definition) is 1. The standard InChI is InChI=1S/C19H27N/c1-12(2)8-9-15-10-14-6-5-7-16(14)19-17(15)11-18(20-19)13(3)4/h10-13,20H,5-9H2,1-4H3. The molecule has 0 amide bonds. The highest BCUT2D eigenvalue weighted by Crippen LogP contribution is 2.34. The SMILES string of the molecule is CC(C)CCc1cc2c(c3[nH]c(C(C)C)cc13)CCC2. The van der Waals surface area contributed by atoms with Crippen molar-refractivity contribution in [2.24, 2.45) is 5.92 Å². The van der Waals surface area contributed by atoms with Crippen LogP contribution in [-0.2, 0) is 19.3 Å². The van der Waals surface area contributed by atoms with Crippen molar-refractivity contribution >= 4 is 10.9 Å². The minimum Gasteiger partial charge on any atom is -0.358 e. The van der Waals surface area contributed by atoms with E-state index in [1.54, 1.807) is 16.7 Å². The van der Waals surface area contributed by atoms with Crippen LogP contribution < -0.4 is 0 Å². The third-order valence-corrected chi connectivity index (χ3v) is 4.71. The van der Waals surface area contributed by atoms with Gasteiger partial charge in [-0.25, -0.2) is 0 Å². The Balaban J connectivity index is 2.11. The third-order valence-electron chi connectivity index (χ3n) is 4.71. The summed E-state index contributed by atoms with van der Waals surface area (Å²) in [5, 5.41) is 1.50. The van der Waals surface area contributed by atoms with Crippen LogP contribution in [0, 0.1) is 5.92 Å². The number of fused-ring (bicyclic) bond motifs is 3. The van der Waals surface area contributed by atoms with Gasteiger partial charge in [-0.15, -0.1) is 0 Å². The molecule has 1 aromatic carbocycles. The number of nitrogens with one attached hydrogen (secondary N) is 1. The van der Waals surface area contributed by atoms with Gasteiger partial charge in [0.25, 0.3) is 0 Å². The van der Waals surface area contributed by atoms with Crippen molar-refractivity contribution in [1.82, 2.24) is 4.98 Å². The van der Waals surface area contributed by atoms with E-state index in [1.165, 1.54) is 48.7 Å². The molecule has 2 aromatic rings. The smallest absolute Gasteiger partial charge is 0.0494 e. The van der Waals surface area contributed by atoms with Crippen LogP contribution in [0.15, 0.2) is 12.1 Å². The minimum absolute atomic E-state index is 0.581. The van der Waals surface area contributed by atoms with E-state index in [0.29, 0.717) is 5.92 Å². The molecule has 3 rings (SSSR count). The molecule has 0 bridgehead atoms. The molecular formula is C19H27N. The quantitative estimate of drug-likeness (QED) is 0.768. The number of aryl methyl sites for hydroxylation is 3. The lowest BCUT2D eigenvalue weighted by Crippen LogP contribution is -1.95. The Labute approximate surface area is 122 Å². The van der Waals surface area contributed by atoms with Crippen molar-refractivity contribution in [2.75, 3.05) is 0 Å². The van der Waals surface area contributed by atoms with Gasteiger partial charge >= 0.3 is 0 Å². The highest BCUT2D eigenvalue weighted by atomic mass is 14.7. The number of H-pyrrole nitrogens is 1. The molecule has 1 aliphatic rings. The lowest BCUT2D eigenvalue weighted by atomic mass is 9.95. The van der Waals surface area contributed by atoms with Crippen molar-refractivity contribution in [1.29, 1.82) is 0 Å². The van der Waals surface area contributed by atoms with Crippen molar-refractivity contribution in [3.63, 3.8) is 0 Å². The first kappa shape index (κ1) is 13.7. The highest BCUT2D eigenvalue weighted by molar-refractivity contribution is 5.88. The Hall–Kier alpha value is -1.24. The number of rotatable bonds is 4. The van der Waals surface area contributed by atoms with Gasteiger partial charge in [0.05, 0.1) is 0 Å². The number of benzene rings is 1. The van der Waals surface area contributed by atoms with Gasteiger partial charge in [0.15, 0.2) is 0 Å². The average Bonchev–Trinajstić information content (AvgIpc) is 3.01. The summed E-state index contributed by atoms with van der Waals surface area (Å²) in [7, 11) is 0. The monoisotopic (exact) mass is 269 g/mol. The second-order valence-corrected chi connectivity index (χ2v) is 7.13. The maximum absolute atomic E-state index is 3.72. The molecule has 0 atom stereocenters. The lowest BCUT2D eigenvalue weighted by molar-refractivity contribution is 0.588. The Kier molecular flexibility index (Phi) is 3.62. The fraction of sp³-hybridized carbons (Fsp3) is 0.579. The molecule has 1 aliphatic carbocycles. The van der Waals surface area contributed by atoms with E-state index < -0.39 is 0 Å².